The number of nitrogens with one attached hydrogen (secondary N) is 1. The van der Waals surface area contributed by atoms with Crippen LogP contribution in [-0.4, -0.2) is 23.7 Å². The Morgan fingerprint density at radius 2 is 2.50 bits per heavy atom. The van der Waals surface area contributed by atoms with Crippen molar-refractivity contribution >= 4 is 28.8 Å². The summed E-state index contributed by atoms with van der Waals surface area (Å²) in [6, 6.07) is 1.49. The molecule has 2 N–H and O–H groups in total. The largest absolute Gasteiger partial charge is 0.394 e. The molecule has 5 heteroatoms. The zero-order valence-corrected chi connectivity index (χ0v) is 9.36. The van der Waals surface area contributed by atoms with E-state index in [1.54, 1.807) is 11.4 Å². The molecule has 0 aliphatic rings. The van der Waals surface area contributed by atoms with Gasteiger partial charge >= 0.3 is 0 Å². The minimum Gasteiger partial charge on any atom is -0.394 e. The summed E-state index contributed by atoms with van der Waals surface area (Å²) >= 11 is 7.09. The van der Waals surface area contributed by atoms with Crippen LogP contribution in [0.5, 0.6) is 0 Å². The Labute approximate surface area is 91.7 Å². The van der Waals surface area contributed by atoms with E-state index in [0.29, 0.717) is 16.3 Å². The fourth-order valence-corrected chi connectivity index (χ4v) is 2.03. The van der Waals surface area contributed by atoms with Crippen molar-refractivity contribution in [2.45, 2.75) is 19.4 Å². The smallest absolute Gasteiger partial charge is 0.263 e. The van der Waals surface area contributed by atoms with Crippen LogP contribution in [0, 0.1) is 0 Å². The van der Waals surface area contributed by atoms with Gasteiger partial charge < -0.3 is 10.4 Å². The Balaban J connectivity index is 2.63. The maximum absolute atomic E-state index is 11.6. The van der Waals surface area contributed by atoms with Gasteiger partial charge in [0.05, 0.1) is 17.7 Å². The van der Waals surface area contributed by atoms with Gasteiger partial charge in [0.1, 0.15) is 4.88 Å². The summed E-state index contributed by atoms with van der Waals surface area (Å²) in [5.74, 6) is -0.217. The molecular formula is C9H12ClNO2S. The molecule has 0 unspecified atom stereocenters. The molecule has 0 radical (unpaired) electrons. The van der Waals surface area contributed by atoms with Crippen molar-refractivity contribution in [1.29, 1.82) is 0 Å². The Bertz CT molecular complexity index is 310. The number of hydrogen-bond acceptors (Lipinski definition) is 3. The van der Waals surface area contributed by atoms with Gasteiger partial charge in [0.2, 0.25) is 0 Å². The van der Waals surface area contributed by atoms with Gasteiger partial charge in [-0.2, -0.15) is 0 Å². The normalized spacial score (nSPS) is 12.5. The second-order valence-electron chi connectivity index (χ2n) is 2.86. The molecule has 0 aliphatic heterocycles. The SMILES string of the molecule is CC[C@@H](CO)NC(=O)c1sccc1Cl. The summed E-state index contributed by atoms with van der Waals surface area (Å²) in [4.78, 5) is 12.1. The molecule has 1 heterocycles. The van der Waals surface area contributed by atoms with E-state index < -0.39 is 0 Å². The van der Waals surface area contributed by atoms with Crippen molar-refractivity contribution in [3.05, 3.63) is 21.3 Å². The summed E-state index contributed by atoms with van der Waals surface area (Å²) in [5.41, 5.74) is 0. The summed E-state index contributed by atoms with van der Waals surface area (Å²) in [6.45, 7) is 1.85. The van der Waals surface area contributed by atoms with Gasteiger partial charge in [-0.15, -0.1) is 11.3 Å². The Hall–Kier alpha value is -0.580. The molecule has 0 aliphatic carbocycles. The molecule has 1 aromatic heterocycles. The third kappa shape index (κ3) is 2.70. The zero-order valence-electron chi connectivity index (χ0n) is 7.79. The monoisotopic (exact) mass is 233 g/mol. The molecule has 0 saturated heterocycles. The number of thiophene rings is 1. The average molecular weight is 234 g/mol. The second kappa shape index (κ2) is 5.34. The summed E-state index contributed by atoms with van der Waals surface area (Å²) in [6.07, 6.45) is 0.700. The minimum absolute atomic E-state index is 0.0504. The van der Waals surface area contributed by atoms with Gasteiger partial charge in [-0.1, -0.05) is 18.5 Å². The highest BCUT2D eigenvalue weighted by molar-refractivity contribution is 7.12. The topological polar surface area (TPSA) is 49.3 Å². The van der Waals surface area contributed by atoms with Crippen molar-refractivity contribution < 1.29 is 9.90 Å². The molecule has 0 saturated carbocycles. The van der Waals surface area contributed by atoms with E-state index in [-0.39, 0.29) is 18.6 Å². The number of carbonyl (C=O) groups excluding carboxylic acids is 1. The van der Waals surface area contributed by atoms with Gasteiger partial charge in [-0.25, -0.2) is 0 Å². The van der Waals surface area contributed by atoms with E-state index in [1.807, 2.05) is 6.92 Å². The van der Waals surface area contributed by atoms with Crippen LogP contribution in [0.3, 0.4) is 0 Å². The Kier molecular flexibility index (Phi) is 4.38. The van der Waals surface area contributed by atoms with Gasteiger partial charge in [-0.3, -0.25) is 4.79 Å². The number of carbonyl (C=O) groups is 1. The molecule has 0 fully saturated rings. The van der Waals surface area contributed by atoms with Gasteiger partial charge in [-0.05, 0) is 17.9 Å². The van der Waals surface area contributed by atoms with Crippen molar-refractivity contribution in [3.8, 4) is 0 Å². The van der Waals surface area contributed by atoms with Crippen LogP contribution in [0.15, 0.2) is 11.4 Å². The third-order valence-corrected chi connectivity index (χ3v) is 3.21. The van der Waals surface area contributed by atoms with Crippen LogP contribution in [0.4, 0.5) is 0 Å². The summed E-state index contributed by atoms with van der Waals surface area (Å²) in [5, 5.41) is 13.8. The maximum atomic E-state index is 11.6. The number of rotatable bonds is 4. The molecule has 0 bridgehead atoms. The van der Waals surface area contributed by atoms with Crippen molar-refractivity contribution in [3.63, 3.8) is 0 Å². The van der Waals surface area contributed by atoms with Crippen molar-refractivity contribution in [2.75, 3.05) is 6.61 Å². The first-order chi connectivity index (χ1) is 6.69. The predicted octanol–water partition coefficient (Wildman–Crippen LogP) is 1.90. The lowest BCUT2D eigenvalue weighted by atomic mass is 10.2. The lowest BCUT2D eigenvalue weighted by Crippen LogP contribution is -2.36. The maximum Gasteiger partial charge on any atom is 0.263 e. The lowest BCUT2D eigenvalue weighted by molar-refractivity contribution is 0.0919. The van der Waals surface area contributed by atoms with E-state index in [2.05, 4.69) is 5.32 Å². The first-order valence-electron chi connectivity index (χ1n) is 4.33. The van der Waals surface area contributed by atoms with Gasteiger partial charge in [0.25, 0.3) is 5.91 Å². The first kappa shape index (κ1) is 11.5. The minimum atomic E-state index is -0.217. The Morgan fingerprint density at radius 3 is 2.93 bits per heavy atom. The highest BCUT2D eigenvalue weighted by Gasteiger charge is 2.14. The molecule has 78 valence electrons. The molecule has 0 spiro atoms. The van der Waals surface area contributed by atoms with E-state index in [4.69, 9.17) is 16.7 Å². The number of amides is 1. The third-order valence-electron chi connectivity index (χ3n) is 1.87. The van der Waals surface area contributed by atoms with Gasteiger partial charge in [0, 0.05) is 0 Å². The van der Waals surface area contributed by atoms with Crippen molar-refractivity contribution in [2.24, 2.45) is 0 Å². The molecule has 1 atom stereocenters. The molecule has 14 heavy (non-hydrogen) atoms. The van der Waals surface area contributed by atoms with Crippen molar-refractivity contribution in [1.82, 2.24) is 5.32 Å². The molecule has 3 nitrogen and oxygen atoms in total. The van der Waals surface area contributed by atoms with Crippen LogP contribution in [-0.2, 0) is 0 Å². The number of hydrogen-bond donors (Lipinski definition) is 2. The number of aliphatic hydroxyl groups excluding tert-OH is 1. The summed E-state index contributed by atoms with van der Waals surface area (Å²) in [7, 11) is 0. The van der Waals surface area contributed by atoms with E-state index in [0.717, 1.165) is 0 Å². The molecular weight excluding hydrogens is 222 g/mol. The summed E-state index contributed by atoms with van der Waals surface area (Å²) < 4.78 is 0. The highest BCUT2D eigenvalue weighted by Crippen LogP contribution is 2.21. The van der Waals surface area contributed by atoms with Crippen LogP contribution in [0.1, 0.15) is 23.0 Å². The van der Waals surface area contributed by atoms with E-state index >= 15 is 0 Å². The quantitative estimate of drug-likeness (QED) is 0.835. The van der Waals surface area contributed by atoms with Crippen LogP contribution < -0.4 is 5.32 Å². The first-order valence-corrected chi connectivity index (χ1v) is 5.59. The predicted molar refractivity (Wildman–Crippen MR) is 58.0 cm³/mol. The highest BCUT2D eigenvalue weighted by atomic mass is 35.5. The standard InChI is InChI=1S/C9H12ClNO2S/c1-2-6(5-12)11-9(13)8-7(10)3-4-14-8/h3-4,6,12H,2,5H2,1H3,(H,11,13)/t6-/m0/s1. The number of halogens is 1. The van der Waals surface area contributed by atoms with Crippen LogP contribution in [0.2, 0.25) is 5.02 Å². The molecule has 1 rings (SSSR count). The van der Waals surface area contributed by atoms with Gasteiger partial charge in [0.15, 0.2) is 0 Å². The fraction of sp³-hybridized carbons (Fsp3) is 0.444. The van der Waals surface area contributed by atoms with E-state index in [9.17, 15) is 4.79 Å². The van der Waals surface area contributed by atoms with Crippen LogP contribution >= 0.6 is 22.9 Å². The lowest BCUT2D eigenvalue weighted by Gasteiger charge is -2.12. The van der Waals surface area contributed by atoms with E-state index in [1.165, 1.54) is 11.3 Å². The molecule has 1 aromatic rings. The molecule has 0 aromatic carbocycles. The van der Waals surface area contributed by atoms with Crippen LogP contribution in [0.25, 0.3) is 0 Å². The number of aliphatic hydroxyl groups is 1. The zero-order chi connectivity index (χ0) is 10.6. The fourth-order valence-electron chi connectivity index (χ4n) is 0.984. The second-order valence-corrected chi connectivity index (χ2v) is 4.18. The Morgan fingerprint density at radius 1 is 1.79 bits per heavy atom. The molecule has 1 amide bonds. The average Bonchev–Trinajstić information content (AvgIpc) is 2.60.